The minimum absolute atomic E-state index is 0.0243. The lowest BCUT2D eigenvalue weighted by Gasteiger charge is -2.19. The van der Waals surface area contributed by atoms with Gasteiger partial charge in [0, 0.05) is 37.5 Å². The van der Waals surface area contributed by atoms with E-state index in [1.165, 1.54) is 63.0 Å². The fourth-order valence-electron chi connectivity index (χ4n) is 4.73. The lowest BCUT2D eigenvalue weighted by atomic mass is 10.0. The van der Waals surface area contributed by atoms with Crippen molar-refractivity contribution < 1.29 is 22.3 Å². The zero-order valence-electron chi connectivity index (χ0n) is 22.4. The summed E-state index contributed by atoms with van der Waals surface area (Å²) in [5, 5.41) is 33.3. The summed E-state index contributed by atoms with van der Waals surface area (Å²) >= 11 is 12.0. The number of alkyl halides is 3. The van der Waals surface area contributed by atoms with Gasteiger partial charge in [-0.15, -0.1) is 10.2 Å². The van der Waals surface area contributed by atoms with E-state index in [0.717, 1.165) is 12.3 Å². The number of hydrogen-bond acceptors (Lipinski definition) is 7. The van der Waals surface area contributed by atoms with Gasteiger partial charge in [-0.2, -0.15) is 23.0 Å². The largest absolute Gasteiger partial charge is 0.618 e. The van der Waals surface area contributed by atoms with Crippen LogP contribution in [-0.2, 0) is 19.6 Å². The van der Waals surface area contributed by atoms with Crippen LogP contribution in [0.4, 0.5) is 17.6 Å². The maximum Gasteiger partial charge on any atom is 0.433 e. The molecule has 44 heavy (non-hydrogen) atoms. The number of benzene rings is 1. The number of hydrogen-bond donors (Lipinski definition) is 0. The van der Waals surface area contributed by atoms with Crippen LogP contribution >= 0.6 is 23.2 Å². The van der Waals surface area contributed by atoms with Gasteiger partial charge in [-0.05, 0) is 29.8 Å². The maximum absolute atomic E-state index is 15.4. The first-order chi connectivity index (χ1) is 21.0. The molecule has 0 unspecified atom stereocenters. The predicted molar refractivity (Wildman–Crippen MR) is 149 cm³/mol. The Balaban J connectivity index is 1.43. The molecule has 0 N–H and O–H groups in total. The highest BCUT2D eigenvalue weighted by Crippen LogP contribution is 2.34. The van der Waals surface area contributed by atoms with E-state index < -0.39 is 23.7 Å². The van der Waals surface area contributed by atoms with Gasteiger partial charge in [-0.25, -0.2) is 13.8 Å². The monoisotopic (exact) mass is 644 g/mol. The summed E-state index contributed by atoms with van der Waals surface area (Å²) in [7, 11) is 1.70. The van der Waals surface area contributed by atoms with E-state index in [9.17, 15) is 18.4 Å². The summed E-state index contributed by atoms with van der Waals surface area (Å²) in [6.45, 7) is 0. The molecule has 0 aliphatic rings. The molecular weight excluding hydrogens is 627 g/mol. The Morgan fingerprint density at radius 1 is 0.977 bits per heavy atom. The van der Waals surface area contributed by atoms with E-state index in [1.54, 1.807) is 19.4 Å². The molecule has 17 heteroatoms. The number of aryl methyl sites for hydroxylation is 1. The Morgan fingerprint density at radius 3 is 2.43 bits per heavy atom. The average molecular weight is 645 g/mol. The molecule has 0 saturated carbocycles. The molecule has 0 amide bonds. The molecule has 0 spiro atoms. The number of nitrogens with zero attached hydrogens (tertiary/aromatic N) is 10. The lowest BCUT2D eigenvalue weighted by molar-refractivity contribution is -0.615. The molecule has 6 rings (SSSR count). The Morgan fingerprint density at radius 2 is 1.80 bits per heavy atom. The minimum atomic E-state index is -4.61. The minimum Gasteiger partial charge on any atom is -0.618 e. The van der Waals surface area contributed by atoms with Crippen molar-refractivity contribution in [3.8, 4) is 28.1 Å². The van der Waals surface area contributed by atoms with Gasteiger partial charge in [0.2, 0.25) is 5.69 Å². The maximum atomic E-state index is 15.4. The van der Waals surface area contributed by atoms with Gasteiger partial charge in [0.25, 0.3) is 0 Å². The SMILES string of the molecule is Cn1nncc1-c1cnn([C@H](Cc2ccc(C(F)(F)F)nc2)c2ccc(-c3c(-n4cc(Cl)nn4)ccc(Cl)c3F)c[n+]2[O-])c1. The van der Waals surface area contributed by atoms with Crippen LogP contribution in [0.1, 0.15) is 23.0 Å². The molecule has 1 aromatic carbocycles. The highest BCUT2D eigenvalue weighted by molar-refractivity contribution is 6.31. The lowest BCUT2D eigenvalue weighted by Crippen LogP contribution is -2.36. The van der Waals surface area contributed by atoms with E-state index in [4.69, 9.17) is 23.2 Å². The molecule has 5 aromatic heterocycles. The third-order valence-corrected chi connectivity index (χ3v) is 7.30. The van der Waals surface area contributed by atoms with Crippen molar-refractivity contribution in [1.29, 1.82) is 0 Å². The summed E-state index contributed by atoms with van der Waals surface area (Å²) < 4.78 is 59.6. The first-order valence-electron chi connectivity index (χ1n) is 12.7. The molecule has 0 fully saturated rings. The van der Waals surface area contributed by atoms with Crippen LogP contribution in [0.15, 0.2) is 73.6 Å². The third-order valence-electron chi connectivity index (χ3n) is 6.83. The molecule has 5 heterocycles. The van der Waals surface area contributed by atoms with Gasteiger partial charge in [0.05, 0.1) is 46.1 Å². The van der Waals surface area contributed by atoms with E-state index in [0.29, 0.717) is 21.6 Å². The van der Waals surface area contributed by atoms with Gasteiger partial charge >= 0.3 is 6.18 Å². The van der Waals surface area contributed by atoms with Crippen molar-refractivity contribution >= 4 is 23.2 Å². The van der Waals surface area contributed by atoms with Crippen LogP contribution in [-0.4, -0.2) is 44.8 Å². The molecule has 0 saturated heterocycles. The fraction of sp³-hybridized carbons (Fsp3) is 0.148. The molecule has 224 valence electrons. The average Bonchev–Trinajstić information content (AvgIpc) is 3.74. The summed E-state index contributed by atoms with van der Waals surface area (Å²) in [6.07, 6.45) is 3.84. The van der Waals surface area contributed by atoms with Crippen molar-refractivity contribution in [3.05, 3.63) is 112 Å². The first kappa shape index (κ1) is 29.2. The molecule has 0 bridgehead atoms. The molecule has 1 atom stereocenters. The van der Waals surface area contributed by atoms with Gasteiger partial charge in [-0.3, -0.25) is 9.67 Å². The Hall–Kier alpha value is -4.89. The number of halogens is 6. The van der Waals surface area contributed by atoms with Crippen molar-refractivity contribution in [3.63, 3.8) is 0 Å². The quantitative estimate of drug-likeness (QED) is 0.132. The van der Waals surface area contributed by atoms with Crippen molar-refractivity contribution in [2.24, 2.45) is 7.05 Å². The number of pyridine rings is 2. The highest BCUT2D eigenvalue weighted by atomic mass is 35.5. The molecular formula is C27H18Cl2F4N10O. The second-order valence-electron chi connectivity index (χ2n) is 9.63. The van der Waals surface area contributed by atoms with Gasteiger partial charge in [-0.1, -0.05) is 39.7 Å². The van der Waals surface area contributed by atoms with Crippen LogP contribution in [0, 0.1) is 11.0 Å². The molecule has 0 radical (unpaired) electrons. The number of aromatic nitrogens is 10. The first-order valence-corrected chi connectivity index (χ1v) is 13.5. The van der Waals surface area contributed by atoms with Gasteiger partial charge < -0.3 is 5.21 Å². The third kappa shape index (κ3) is 5.58. The van der Waals surface area contributed by atoms with Crippen molar-refractivity contribution in [1.82, 2.24) is 44.8 Å². The van der Waals surface area contributed by atoms with Crippen molar-refractivity contribution in [2.45, 2.75) is 18.6 Å². The second-order valence-corrected chi connectivity index (χ2v) is 10.4. The predicted octanol–water partition coefficient (Wildman–Crippen LogP) is 5.25. The standard InChI is InChI=1S/C27H18Cl2F4N10O/c1-40-22(11-35-38-40)17-10-36-41(12-17)21(8-15-2-7-23(34-9-15)27(31,32)33)19-5-3-16(13-43(19)44)25-20(6-4-18(28)26(25)30)42-14-24(29)37-39-42/h2-7,9-14,21H,8H2,1H3/t21-/m1/s1. The second kappa shape index (κ2) is 11.3. The highest BCUT2D eigenvalue weighted by Gasteiger charge is 2.32. The normalized spacial score (nSPS) is 12.5. The van der Waals surface area contributed by atoms with Gasteiger partial charge in [0.15, 0.2) is 17.2 Å². The van der Waals surface area contributed by atoms with E-state index in [2.05, 4.69) is 30.7 Å². The Labute approximate surface area is 255 Å². The van der Waals surface area contributed by atoms with Crippen LogP contribution < -0.4 is 4.73 Å². The van der Waals surface area contributed by atoms with E-state index in [1.807, 2.05) is 0 Å². The number of rotatable bonds is 7. The Kier molecular flexibility index (Phi) is 7.51. The van der Waals surface area contributed by atoms with E-state index in [-0.39, 0.29) is 39.1 Å². The van der Waals surface area contributed by atoms with Gasteiger partial charge in [0.1, 0.15) is 11.7 Å². The van der Waals surface area contributed by atoms with Crippen LogP contribution in [0.25, 0.3) is 28.1 Å². The molecule has 0 aliphatic heterocycles. The van der Waals surface area contributed by atoms with Crippen molar-refractivity contribution in [2.75, 3.05) is 0 Å². The summed E-state index contributed by atoms with van der Waals surface area (Å²) in [5.41, 5.74) is 1.20. The molecule has 11 nitrogen and oxygen atoms in total. The van der Waals surface area contributed by atoms with Crippen LogP contribution in [0.3, 0.4) is 0 Å². The Bertz CT molecular complexity index is 1970. The zero-order valence-corrected chi connectivity index (χ0v) is 23.9. The summed E-state index contributed by atoms with van der Waals surface area (Å²) in [4.78, 5) is 3.55. The summed E-state index contributed by atoms with van der Waals surface area (Å²) in [5.74, 6) is -0.794. The van der Waals surface area contributed by atoms with Crippen LogP contribution in [0.2, 0.25) is 10.2 Å². The smallest absolute Gasteiger partial charge is 0.433 e. The topological polar surface area (TPSA) is 119 Å². The van der Waals surface area contributed by atoms with E-state index >= 15 is 4.39 Å². The molecule has 6 aromatic rings. The zero-order chi connectivity index (χ0) is 31.2. The fourth-order valence-corrected chi connectivity index (χ4v) is 5.01. The summed E-state index contributed by atoms with van der Waals surface area (Å²) in [6, 6.07) is 7.20. The van der Waals surface area contributed by atoms with Crippen LogP contribution in [0.5, 0.6) is 0 Å². The molecule has 0 aliphatic carbocycles.